The maximum Gasteiger partial charge on any atom is 0.0471 e. The van der Waals surface area contributed by atoms with Crippen LogP contribution in [0, 0.1) is 12.8 Å². The van der Waals surface area contributed by atoms with Crippen molar-refractivity contribution in [2.75, 3.05) is 19.7 Å². The molecule has 0 spiro atoms. The van der Waals surface area contributed by atoms with E-state index in [0.717, 1.165) is 19.5 Å². The zero-order chi connectivity index (χ0) is 11.5. The second kappa shape index (κ2) is 4.98. The zero-order valence-corrected chi connectivity index (χ0v) is 10.2. The van der Waals surface area contributed by atoms with Gasteiger partial charge in [0, 0.05) is 19.2 Å². The number of rotatable bonds is 3. The van der Waals surface area contributed by atoms with Crippen molar-refractivity contribution in [1.29, 1.82) is 0 Å². The van der Waals surface area contributed by atoms with Crippen LogP contribution >= 0.6 is 0 Å². The molecule has 2 heteroatoms. The lowest BCUT2D eigenvalue weighted by molar-refractivity contribution is 0.204. The van der Waals surface area contributed by atoms with Gasteiger partial charge >= 0.3 is 0 Å². The molecule has 0 radical (unpaired) electrons. The summed E-state index contributed by atoms with van der Waals surface area (Å²) in [5, 5.41) is 9.15. The molecule has 1 aliphatic heterocycles. The van der Waals surface area contributed by atoms with Gasteiger partial charge in [-0.1, -0.05) is 29.8 Å². The van der Waals surface area contributed by atoms with E-state index in [1.807, 2.05) is 0 Å². The summed E-state index contributed by atoms with van der Waals surface area (Å²) in [6.07, 6.45) is 1.13. The monoisotopic (exact) mass is 219 g/mol. The average Bonchev–Trinajstić information content (AvgIpc) is 2.76. The van der Waals surface area contributed by atoms with E-state index in [9.17, 15) is 0 Å². The molecule has 2 rings (SSSR count). The number of hydrogen-bond donors (Lipinski definition) is 1. The van der Waals surface area contributed by atoms with Crippen molar-refractivity contribution in [1.82, 2.24) is 4.90 Å². The standard InChI is InChI=1S/C14H21NO/c1-11-4-3-5-14(8-11)12(2)15-7-6-13(9-15)10-16/h3-5,8,12-13,16H,6-7,9-10H2,1-2H3. The summed E-state index contributed by atoms with van der Waals surface area (Å²) in [7, 11) is 0. The number of aliphatic hydroxyl groups is 1. The van der Waals surface area contributed by atoms with E-state index in [0.29, 0.717) is 18.6 Å². The molecular weight excluding hydrogens is 198 g/mol. The van der Waals surface area contributed by atoms with Crippen molar-refractivity contribution in [3.05, 3.63) is 35.4 Å². The van der Waals surface area contributed by atoms with Gasteiger partial charge in [-0.2, -0.15) is 0 Å². The Morgan fingerprint density at radius 3 is 2.94 bits per heavy atom. The highest BCUT2D eigenvalue weighted by atomic mass is 16.3. The molecule has 1 saturated heterocycles. The van der Waals surface area contributed by atoms with Crippen LogP contribution in [0.15, 0.2) is 24.3 Å². The number of aliphatic hydroxyl groups excluding tert-OH is 1. The number of aryl methyl sites for hydroxylation is 1. The minimum Gasteiger partial charge on any atom is -0.396 e. The summed E-state index contributed by atoms with van der Waals surface area (Å²) in [6.45, 7) is 6.87. The highest BCUT2D eigenvalue weighted by Crippen LogP contribution is 2.27. The Labute approximate surface area is 97.9 Å². The summed E-state index contributed by atoms with van der Waals surface area (Å²) in [6, 6.07) is 9.19. The van der Waals surface area contributed by atoms with E-state index < -0.39 is 0 Å². The van der Waals surface area contributed by atoms with Crippen molar-refractivity contribution in [3.8, 4) is 0 Å². The normalized spacial score (nSPS) is 23.6. The van der Waals surface area contributed by atoms with Gasteiger partial charge < -0.3 is 5.11 Å². The third-order valence-electron chi connectivity index (χ3n) is 3.65. The quantitative estimate of drug-likeness (QED) is 0.843. The summed E-state index contributed by atoms with van der Waals surface area (Å²) in [5.41, 5.74) is 2.71. The van der Waals surface area contributed by atoms with Crippen LogP contribution in [-0.4, -0.2) is 29.7 Å². The predicted molar refractivity (Wildman–Crippen MR) is 66.4 cm³/mol. The van der Waals surface area contributed by atoms with Crippen molar-refractivity contribution < 1.29 is 5.11 Å². The van der Waals surface area contributed by atoms with Crippen molar-refractivity contribution in [3.63, 3.8) is 0 Å². The largest absolute Gasteiger partial charge is 0.396 e. The molecular formula is C14H21NO. The van der Waals surface area contributed by atoms with Crippen LogP contribution in [0.3, 0.4) is 0 Å². The van der Waals surface area contributed by atoms with Crippen molar-refractivity contribution in [2.45, 2.75) is 26.3 Å². The molecule has 2 atom stereocenters. The fourth-order valence-corrected chi connectivity index (χ4v) is 2.50. The van der Waals surface area contributed by atoms with Crippen molar-refractivity contribution in [2.24, 2.45) is 5.92 Å². The van der Waals surface area contributed by atoms with Gasteiger partial charge in [-0.3, -0.25) is 4.90 Å². The Hall–Kier alpha value is -0.860. The molecule has 1 aromatic rings. The molecule has 88 valence electrons. The fraction of sp³-hybridized carbons (Fsp3) is 0.571. The first-order valence-corrected chi connectivity index (χ1v) is 6.12. The van der Waals surface area contributed by atoms with E-state index in [2.05, 4.69) is 43.0 Å². The van der Waals surface area contributed by atoms with Gasteiger partial charge in [0.15, 0.2) is 0 Å². The Balaban J connectivity index is 2.05. The number of benzene rings is 1. The van der Waals surface area contributed by atoms with Crippen LogP contribution in [0.1, 0.15) is 30.5 Å². The molecule has 1 fully saturated rings. The molecule has 16 heavy (non-hydrogen) atoms. The Bertz CT molecular complexity index is 350. The lowest BCUT2D eigenvalue weighted by Crippen LogP contribution is -2.25. The second-order valence-corrected chi connectivity index (χ2v) is 4.92. The first kappa shape index (κ1) is 11.6. The third kappa shape index (κ3) is 2.45. The van der Waals surface area contributed by atoms with Crippen LogP contribution in [0.2, 0.25) is 0 Å². The molecule has 0 amide bonds. The van der Waals surface area contributed by atoms with E-state index in [1.165, 1.54) is 11.1 Å². The van der Waals surface area contributed by atoms with Crippen LogP contribution in [-0.2, 0) is 0 Å². The molecule has 1 heterocycles. The third-order valence-corrected chi connectivity index (χ3v) is 3.65. The predicted octanol–water partition coefficient (Wildman–Crippen LogP) is 2.37. The topological polar surface area (TPSA) is 23.5 Å². The number of hydrogen-bond acceptors (Lipinski definition) is 2. The van der Waals surface area contributed by atoms with Crippen LogP contribution in [0.5, 0.6) is 0 Å². The first-order chi connectivity index (χ1) is 7.70. The van der Waals surface area contributed by atoms with Gasteiger partial charge in [-0.25, -0.2) is 0 Å². The number of likely N-dealkylation sites (tertiary alicyclic amines) is 1. The molecule has 1 N–H and O–H groups in total. The van der Waals surface area contributed by atoms with E-state index in [-0.39, 0.29) is 0 Å². The molecule has 2 unspecified atom stereocenters. The maximum atomic E-state index is 9.15. The van der Waals surface area contributed by atoms with Gasteiger partial charge in [-0.05, 0) is 38.3 Å². The Morgan fingerprint density at radius 2 is 2.31 bits per heavy atom. The Kier molecular flexibility index (Phi) is 3.62. The van der Waals surface area contributed by atoms with Gasteiger partial charge in [0.2, 0.25) is 0 Å². The summed E-state index contributed by atoms with van der Waals surface area (Å²) < 4.78 is 0. The van der Waals surface area contributed by atoms with E-state index in [1.54, 1.807) is 0 Å². The lowest BCUT2D eigenvalue weighted by atomic mass is 10.0. The molecule has 2 nitrogen and oxygen atoms in total. The zero-order valence-electron chi connectivity index (χ0n) is 10.2. The highest BCUT2D eigenvalue weighted by Gasteiger charge is 2.25. The molecule has 0 bridgehead atoms. The van der Waals surface area contributed by atoms with E-state index >= 15 is 0 Å². The van der Waals surface area contributed by atoms with Crippen LogP contribution in [0.25, 0.3) is 0 Å². The minimum absolute atomic E-state index is 0.330. The fourth-order valence-electron chi connectivity index (χ4n) is 2.50. The molecule has 0 aliphatic carbocycles. The minimum atomic E-state index is 0.330. The first-order valence-electron chi connectivity index (χ1n) is 6.12. The molecule has 0 saturated carbocycles. The van der Waals surface area contributed by atoms with Gasteiger partial charge in [0.25, 0.3) is 0 Å². The number of nitrogens with zero attached hydrogens (tertiary/aromatic N) is 1. The van der Waals surface area contributed by atoms with Crippen LogP contribution < -0.4 is 0 Å². The molecule has 1 aromatic carbocycles. The van der Waals surface area contributed by atoms with Crippen LogP contribution in [0.4, 0.5) is 0 Å². The van der Waals surface area contributed by atoms with Gasteiger partial charge in [0.1, 0.15) is 0 Å². The molecule has 0 aromatic heterocycles. The van der Waals surface area contributed by atoms with Crippen molar-refractivity contribution >= 4 is 0 Å². The van der Waals surface area contributed by atoms with Gasteiger partial charge in [-0.15, -0.1) is 0 Å². The van der Waals surface area contributed by atoms with E-state index in [4.69, 9.17) is 5.11 Å². The Morgan fingerprint density at radius 1 is 1.50 bits per heavy atom. The van der Waals surface area contributed by atoms with Gasteiger partial charge in [0.05, 0.1) is 0 Å². The summed E-state index contributed by atoms with van der Waals surface area (Å²) in [5.74, 6) is 0.479. The SMILES string of the molecule is Cc1cccc(C(C)N2CCC(CO)C2)c1. The average molecular weight is 219 g/mol. The smallest absolute Gasteiger partial charge is 0.0471 e. The second-order valence-electron chi connectivity index (χ2n) is 4.92. The summed E-state index contributed by atoms with van der Waals surface area (Å²) >= 11 is 0. The maximum absolute atomic E-state index is 9.15. The lowest BCUT2D eigenvalue weighted by Gasteiger charge is -2.24. The highest BCUT2D eigenvalue weighted by molar-refractivity contribution is 5.24. The summed E-state index contributed by atoms with van der Waals surface area (Å²) in [4.78, 5) is 2.47. The molecule has 1 aliphatic rings.